The second kappa shape index (κ2) is 11.6. The fourth-order valence-electron chi connectivity index (χ4n) is 6.61. The maximum absolute atomic E-state index is 15.0. The molecule has 5 heterocycles. The molecule has 4 aliphatic rings. The lowest BCUT2D eigenvalue weighted by Crippen LogP contribution is -2.53. The third-order valence-corrected chi connectivity index (χ3v) is 11.5. The number of hydrogen-bond donors (Lipinski definition) is 2. The predicted octanol–water partition coefficient (Wildman–Crippen LogP) is 3.88. The highest BCUT2D eigenvalue weighted by Gasteiger charge is 2.44. The van der Waals surface area contributed by atoms with Gasteiger partial charge in [0.25, 0.3) is 10.0 Å². The standard InChI is InChI=1S/C29H35F3N10O2S/c30-23-15-35-26(19-13-36-42(17-19)45(43,44)21-6-7-21)38-27(23)37-25-12-29(33,20-4-2-18(3-5-20)16-40-9-1-10-40)22(14-34-25)24-8-11-41(39-24)28(31)32/h8,11,13-15,17-18,20-21,28H,1-7,9-10,12,16,33H2,(H,34,35,37,38). The Kier molecular flexibility index (Phi) is 7.76. The monoisotopic (exact) mass is 644 g/mol. The summed E-state index contributed by atoms with van der Waals surface area (Å²) >= 11 is 0. The van der Waals surface area contributed by atoms with Gasteiger partial charge in [-0.1, -0.05) is 0 Å². The Morgan fingerprint density at radius 3 is 2.56 bits per heavy atom. The summed E-state index contributed by atoms with van der Waals surface area (Å²) in [5.74, 6) is 0.150. The molecule has 2 aliphatic heterocycles. The van der Waals surface area contributed by atoms with E-state index in [0.717, 1.165) is 55.6 Å². The maximum Gasteiger partial charge on any atom is 0.333 e. The van der Waals surface area contributed by atoms with E-state index < -0.39 is 33.2 Å². The van der Waals surface area contributed by atoms with Gasteiger partial charge in [0.2, 0.25) is 0 Å². The van der Waals surface area contributed by atoms with E-state index in [1.54, 1.807) is 0 Å². The first-order chi connectivity index (χ1) is 21.6. The molecule has 3 fully saturated rings. The van der Waals surface area contributed by atoms with Crippen molar-refractivity contribution in [2.45, 2.75) is 68.7 Å². The quantitative estimate of drug-likeness (QED) is 0.354. The van der Waals surface area contributed by atoms with Gasteiger partial charge in [0.15, 0.2) is 17.5 Å². The highest BCUT2D eigenvalue weighted by Crippen LogP contribution is 2.44. The molecule has 2 saturated carbocycles. The number of nitrogens with zero attached hydrogens (tertiary/aromatic N) is 8. The third kappa shape index (κ3) is 5.90. The van der Waals surface area contributed by atoms with Crippen molar-refractivity contribution in [3.05, 3.63) is 48.6 Å². The number of aromatic nitrogens is 6. The van der Waals surface area contributed by atoms with Gasteiger partial charge in [-0.25, -0.2) is 32.5 Å². The number of nitrogens with two attached hydrogens (primary N) is 1. The molecule has 7 rings (SSSR count). The van der Waals surface area contributed by atoms with E-state index in [0.29, 0.717) is 46.1 Å². The Hall–Kier alpha value is -3.63. The van der Waals surface area contributed by atoms with Gasteiger partial charge in [0, 0.05) is 30.9 Å². The van der Waals surface area contributed by atoms with Crippen LogP contribution in [0.5, 0.6) is 0 Å². The largest absolute Gasteiger partial charge is 0.333 e. The number of aliphatic imine (C=N–C) groups is 1. The topological polar surface area (TPSA) is 149 Å². The first kappa shape index (κ1) is 30.0. The van der Waals surface area contributed by atoms with E-state index in [4.69, 9.17) is 5.73 Å². The lowest BCUT2D eigenvalue weighted by Gasteiger charge is -2.45. The van der Waals surface area contributed by atoms with Crippen LogP contribution in [0, 0.1) is 17.7 Å². The summed E-state index contributed by atoms with van der Waals surface area (Å²) in [6, 6.07) is 1.52. The Morgan fingerprint density at radius 1 is 1.11 bits per heavy atom. The lowest BCUT2D eigenvalue weighted by atomic mass is 9.66. The molecule has 0 spiro atoms. The molecular formula is C29H35F3N10O2S. The van der Waals surface area contributed by atoms with Crippen molar-refractivity contribution in [3.63, 3.8) is 0 Å². The van der Waals surface area contributed by atoms with Crippen LogP contribution in [0.4, 0.5) is 19.0 Å². The summed E-state index contributed by atoms with van der Waals surface area (Å²) in [6.07, 6.45) is 12.7. The molecule has 0 radical (unpaired) electrons. The smallest absolute Gasteiger partial charge is 0.326 e. The molecule has 1 saturated heterocycles. The zero-order chi connectivity index (χ0) is 31.3. The van der Waals surface area contributed by atoms with Crippen LogP contribution < -0.4 is 11.1 Å². The minimum Gasteiger partial charge on any atom is -0.326 e. The number of anilines is 1. The molecule has 3 aromatic heterocycles. The van der Waals surface area contributed by atoms with Gasteiger partial charge in [0.05, 0.1) is 40.6 Å². The van der Waals surface area contributed by atoms with Crippen molar-refractivity contribution < 1.29 is 21.6 Å². The summed E-state index contributed by atoms with van der Waals surface area (Å²) in [7, 11) is -3.59. The van der Waals surface area contributed by atoms with E-state index in [1.165, 1.54) is 37.3 Å². The van der Waals surface area contributed by atoms with Crippen LogP contribution in [0.1, 0.15) is 63.6 Å². The number of nitrogens with one attached hydrogen (secondary N) is 1. The van der Waals surface area contributed by atoms with Gasteiger partial charge in [-0.05, 0) is 75.9 Å². The fraction of sp³-hybridized carbons (Fsp3) is 0.552. The van der Waals surface area contributed by atoms with Gasteiger partial charge >= 0.3 is 6.55 Å². The minimum absolute atomic E-state index is 0.0189. The maximum atomic E-state index is 15.0. The Bertz CT molecular complexity index is 1740. The minimum atomic E-state index is -3.59. The summed E-state index contributed by atoms with van der Waals surface area (Å²) in [5, 5.41) is 10.6. The number of hydrogen-bond acceptors (Lipinski definition) is 10. The fourth-order valence-corrected chi connectivity index (χ4v) is 8.09. The van der Waals surface area contributed by atoms with Gasteiger partial charge < -0.3 is 16.0 Å². The van der Waals surface area contributed by atoms with Gasteiger partial charge in [-0.2, -0.15) is 23.1 Å². The molecule has 1 atom stereocenters. The molecule has 0 aromatic carbocycles. The summed E-state index contributed by atoms with van der Waals surface area (Å²) in [4.78, 5) is 15.3. The van der Waals surface area contributed by atoms with Crippen molar-refractivity contribution in [1.29, 1.82) is 0 Å². The van der Waals surface area contributed by atoms with Crippen molar-refractivity contribution in [3.8, 4) is 11.4 Å². The van der Waals surface area contributed by atoms with Crippen LogP contribution in [0.3, 0.4) is 0 Å². The number of likely N-dealkylation sites (tertiary alicyclic amines) is 1. The Morgan fingerprint density at radius 2 is 1.89 bits per heavy atom. The summed E-state index contributed by atoms with van der Waals surface area (Å²) in [5.41, 5.74) is 7.43. The van der Waals surface area contributed by atoms with E-state index in [9.17, 15) is 17.2 Å². The molecular weight excluding hydrogens is 609 g/mol. The highest BCUT2D eigenvalue weighted by atomic mass is 32.2. The molecule has 0 bridgehead atoms. The summed E-state index contributed by atoms with van der Waals surface area (Å²) in [6.45, 7) is 0.592. The van der Waals surface area contributed by atoms with Crippen LogP contribution in [0.25, 0.3) is 17.0 Å². The first-order valence-electron chi connectivity index (χ1n) is 15.3. The average Bonchev–Trinajstić information content (AvgIpc) is 3.54. The molecule has 0 amide bonds. The van der Waals surface area contributed by atoms with Crippen molar-refractivity contribution >= 4 is 27.2 Å². The van der Waals surface area contributed by atoms with Gasteiger partial charge in [-0.15, -0.1) is 0 Å². The second-order valence-corrected chi connectivity index (χ2v) is 14.6. The second-order valence-electron chi connectivity index (χ2n) is 12.5. The molecule has 3 aromatic rings. The number of rotatable bonds is 9. The number of halogens is 3. The van der Waals surface area contributed by atoms with Crippen LogP contribution in [-0.4, -0.2) is 78.5 Å². The zero-order valence-corrected chi connectivity index (χ0v) is 25.4. The summed E-state index contributed by atoms with van der Waals surface area (Å²) < 4.78 is 68.4. The van der Waals surface area contributed by atoms with E-state index >= 15 is 4.39 Å². The van der Waals surface area contributed by atoms with Crippen molar-refractivity contribution in [1.82, 2.24) is 33.8 Å². The molecule has 3 N–H and O–H groups in total. The van der Waals surface area contributed by atoms with Crippen LogP contribution in [0.2, 0.25) is 0 Å². The third-order valence-electron chi connectivity index (χ3n) is 9.47. The molecule has 45 heavy (non-hydrogen) atoms. The van der Waals surface area contributed by atoms with Gasteiger partial charge in [0.1, 0.15) is 5.84 Å². The van der Waals surface area contributed by atoms with Crippen LogP contribution >= 0.6 is 0 Å². The molecule has 12 nitrogen and oxygen atoms in total. The van der Waals surface area contributed by atoms with E-state index in [1.807, 2.05) is 0 Å². The lowest BCUT2D eigenvalue weighted by molar-refractivity contribution is 0.0564. The van der Waals surface area contributed by atoms with Crippen LogP contribution in [-0.2, 0) is 10.0 Å². The predicted molar refractivity (Wildman–Crippen MR) is 161 cm³/mol. The van der Waals surface area contributed by atoms with Crippen LogP contribution in [0.15, 0.2) is 42.0 Å². The number of amidine groups is 1. The van der Waals surface area contributed by atoms with Crippen molar-refractivity contribution in [2.75, 3.05) is 25.0 Å². The highest BCUT2D eigenvalue weighted by molar-refractivity contribution is 7.90. The van der Waals surface area contributed by atoms with E-state index in [2.05, 4.69) is 35.4 Å². The normalized spacial score (nSPS) is 26.0. The SMILES string of the molecule is NC1(C2CCC(CN3CCC3)CC2)CC(Nc2nc(-c3cnn(S(=O)(=O)C4CC4)c3)ncc2F)=NC=C1c1ccn(C(F)F)n1. The van der Waals surface area contributed by atoms with Crippen molar-refractivity contribution in [2.24, 2.45) is 22.6 Å². The molecule has 16 heteroatoms. The van der Waals surface area contributed by atoms with E-state index in [-0.39, 0.29) is 24.0 Å². The van der Waals surface area contributed by atoms with Gasteiger partial charge in [-0.3, -0.25) is 0 Å². The Labute approximate surface area is 258 Å². The molecule has 240 valence electrons. The first-order valence-corrected chi connectivity index (χ1v) is 16.8. The molecule has 1 unspecified atom stereocenters. The Balaban J connectivity index is 1.14. The average molecular weight is 645 g/mol. The molecule has 2 aliphatic carbocycles. The zero-order valence-electron chi connectivity index (χ0n) is 24.6. The number of alkyl halides is 2.